The zero-order valence-corrected chi connectivity index (χ0v) is 15.7. The largest absolute Gasteiger partial charge is 0.506 e. The number of aliphatic hydroxyl groups is 1. The highest BCUT2D eigenvalue weighted by Gasteiger charge is 2.33. The van der Waals surface area contributed by atoms with Crippen LogP contribution in [0.2, 0.25) is 10.0 Å². The standard InChI is InChI=1S/C17H26Cl2N2O3/c1-20(5-6-24-2)7-12-8-21(9-13(12)11-22)10-14-15(18)3-4-16(23)17(14)19/h3-4,12-13,22-23H,5-11H2,1-2H3/t12-,13-/m1/s1. The molecule has 1 aromatic carbocycles. The second-order valence-electron chi connectivity index (χ2n) is 6.51. The van der Waals surface area contributed by atoms with Gasteiger partial charge in [0.05, 0.1) is 11.6 Å². The van der Waals surface area contributed by atoms with E-state index in [9.17, 15) is 10.2 Å². The molecule has 0 amide bonds. The van der Waals surface area contributed by atoms with E-state index in [4.69, 9.17) is 27.9 Å². The summed E-state index contributed by atoms with van der Waals surface area (Å²) >= 11 is 12.4. The number of methoxy groups -OCH3 is 1. The molecule has 1 aliphatic rings. The zero-order chi connectivity index (χ0) is 17.7. The average molecular weight is 377 g/mol. The van der Waals surface area contributed by atoms with E-state index in [1.54, 1.807) is 13.2 Å². The molecule has 2 rings (SSSR count). The first-order valence-corrected chi connectivity index (χ1v) is 8.88. The van der Waals surface area contributed by atoms with E-state index in [1.807, 2.05) is 0 Å². The van der Waals surface area contributed by atoms with Crippen LogP contribution in [0.4, 0.5) is 0 Å². The van der Waals surface area contributed by atoms with Gasteiger partial charge in [-0.25, -0.2) is 0 Å². The molecular formula is C17H26Cl2N2O3. The van der Waals surface area contributed by atoms with Gasteiger partial charge in [0.2, 0.25) is 0 Å². The van der Waals surface area contributed by atoms with Crippen molar-refractivity contribution in [3.8, 4) is 5.75 Å². The van der Waals surface area contributed by atoms with Gasteiger partial charge in [0.15, 0.2) is 0 Å². The van der Waals surface area contributed by atoms with Crippen LogP contribution in [-0.4, -0.2) is 73.6 Å². The Morgan fingerprint density at radius 1 is 1.29 bits per heavy atom. The molecule has 0 unspecified atom stereocenters. The number of rotatable bonds is 8. The van der Waals surface area contributed by atoms with E-state index in [0.717, 1.165) is 31.7 Å². The summed E-state index contributed by atoms with van der Waals surface area (Å²) in [7, 11) is 3.77. The van der Waals surface area contributed by atoms with Crippen molar-refractivity contribution in [3.63, 3.8) is 0 Å². The maximum Gasteiger partial charge on any atom is 0.134 e. The van der Waals surface area contributed by atoms with Crippen LogP contribution in [0.5, 0.6) is 5.75 Å². The minimum absolute atomic E-state index is 0.0461. The van der Waals surface area contributed by atoms with Gasteiger partial charge >= 0.3 is 0 Å². The van der Waals surface area contributed by atoms with E-state index >= 15 is 0 Å². The van der Waals surface area contributed by atoms with Crippen LogP contribution in [0.15, 0.2) is 12.1 Å². The van der Waals surface area contributed by atoms with Crippen LogP contribution in [0, 0.1) is 11.8 Å². The number of halogens is 2. The summed E-state index contributed by atoms with van der Waals surface area (Å²) < 4.78 is 5.11. The first-order valence-electron chi connectivity index (χ1n) is 8.12. The molecule has 0 radical (unpaired) electrons. The fraction of sp³-hybridized carbons (Fsp3) is 0.647. The highest BCUT2D eigenvalue weighted by molar-refractivity contribution is 6.36. The lowest BCUT2D eigenvalue weighted by Crippen LogP contribution is -2.33. The number of hydrogen-bond donors (Lipinski definition) is 2. The quantitative estimate of drug-likeness (QED) is 0.728. The van der Waals surface area contributed by atoms with Gasteiger partial charge in [0.1, 0.15) is 5.75 Å². The number of ether oxygens (including phenoxy) is 1. The molecule has 1 heterocycles. The molecule has 2 N–H and O–H groups in total. The third-order valence-electron chi connectivity index (χ3n) is 4.66. The Morgan fingerprint density at radius 2 is 2.00 bits per heavy atom. The molecule has 1 saturated heterocycles. The first kappa shape index (κ1) is 19.8. The molecule has 0 bridgehead atoms. The van der Waals surface area contributed by atoms with E-state index in [-0.39, 0.29) is 18.3 Å². The van der Waals surface area contributed by atoms with Gasteiger partial charge in [0.25, 0.3) is 0 Å². The van der Waals surface area contributed by atoms with Gasteiger partial charge in [-0.05, 0) is 31.0 Å². The zero-order valence-electron chi connectivity index (χ0n) is 14.2. The van der Waals surface area contributed by atoms with Crippen molar-refractivity contribution in [1.29, 1.82) is 0 Å². The lowest BCUT2D eigenvalue weighted by atomic mass is 9.96. The molecule has 24 heavy (non-hydrogen) atoms. The molecule has 1 aromatic rings. The van der Waals surface area contributed by atoms with Crippen LogP contribution in [0.1, 0.15) is 5.56 Å². The summed E-state index contributed by atoms with van der Waals surface area (Å²) in [5, 5.41) is 20.3. The third kappa shape index (κ3) is 4.97. The van der Waals surface area contributed by atoms with E-state index < -0.39 is 0 Å². The molecule has 1 fully saturated rings. The van der Waals surface area contributed by atoms with Crippen molar-refractivity contribution in [3.05, 3.63) is 27.7 Å². The second-order valence-corrected chi connectivity index (χ2v) is 7.30. The summed E-state index contributed by atoms with van der Waals surface area (Å²) in [6.07, 6.45) is 0. The topological polar surface area (TPSA) is 56.2 Å². The lowest BCUT2D eigenvalue weighted by molar-refractivity contribution is 0.136. The summed E-state index contributed by atoms with van der Waals surface area (Å²) in [6, 6.07) is 3.16. The molecule has 1 aliphatic heterocycles. The van der Waals surface area contributed by atoms with Gasteiger partial charge in [-0.3, -0.25) is 4.90 Å². The van der Waals surface area contributed by atoms with Crippen molar-refractivity contribution >= 4 is 23.2 Å². The van der Waals surface area contributed by atoms with Gasteiger partial charge in [-0.1, -0.05) is 23.2 Å². The second kappa shape index (κ2) is 9.22. The molecule has 7 heteroatoms. The molecule has 0 spiro atoms. The predicted octanol–water partition coefficient (Wildman–Crippen LogP) is 2.32. The number of aromatic hydroxyl groups is 1. The normalized spacial score (nSPS) is 21.8. The molecular weight excluding hydrogens is 351 g/mol. The Bertz CT molecular complexity index is 545. The van der Waals surface area contributed by atoms with E-state index in [2.05, 4.69) is 16.8 Å². The van der Waals surface area contributed by atoms with Crippen molar-refractivity contribution < 1.29 is 14.9 Å². The van der Waals surface area contributed by atoms with E-state index in [0.29, 0.717) is 29.1 Å². The van der Waals surface area contributed by atoms with Crippen LogP contribution in [0.25, 0.3) is 0 Å². The van der Waals surface area contributed by atoms with Crippen molar-refractivity contribution in [1.82, 2.24) is 9.80 Å². The van der Waals surface area contributed by atoms with Gasteiger partial charge in [-0.2, -0.15) is 0 Å². The third-order valence-corrected chi connectivity index (χ3v) is 5.43. The van der Waals surface area contributed by atoms with Gasteiger partial charge in [-0.15, -0.1) is 0 Å². The Kier molecular flexibility index (Phi) is 7.60. The Morgan fingerprint density at radius 3 is 2.67 bits per heavy atom. The molecule has 136 valence electrons. The number of likely N-dealkylation sites (N-methyl/N-ethyl adjacent to an activating group) is 1. The van der Waals surface area contributed by atoms with Crippen LogP contribution in [-0.2, 0) is 11.3 Å². The Labute approximate surface area is 153 Å². The van der Waals surface area contributed by atoms with Crippen molar-refractivity contribution in [2.75, 3.05) is 53.6 Å². The minimum atomic E-state index is 0.0461. The number of nitrogens with zero attached hydrogens (tertiary/aromatic N) is 2. The Hall–Kier alpha value is -0.560. The number of likely N-dealkylation sites (tertiary alicyclic amines) is 1. The monoisotopic (exact) mass is 376 g/mol. The molecule has 0 saturated carbocycles. The fourth-order valence-corrected chi connectivity index (χ4v) is 3.76. The number of aliphatic hydroxyl groups excluding tert-OH is 1. The highest BCUT2D eigenvalue weighted by Crippen LogP contribution is 2.35. The first-order chi connectivity index (χ1) is 11.5. The number of benzene rings is 1. The molecule has 2 atom stereocenters. The van der Waals surface area contributed by atoms with Gasteiger partial charge < -0.3 is 19.8 Å². The maximum atomic E-state index is 9.78. The minimum Gasteiger partial charge on any atom is -0.506 e. The molecule has 5 nitrogen and oxygen atoms in total. The fourth-order valence-electron chi connectivity index (χ4n) is 3.27. The molecule has 0 aromatic heterocycles. The maximum absolute atomic E-state index is 9.78. The highest BCUT2D eigenvalue weighted by atomic mass is 35.5. The Balaban J connectivity index is 2.00. The summed E-state index contributed by atoms with van der Waals surface area (Å²) in [4.78, 5) is 4.47. The van der Waals surface area contributed by atoms with Crippen LogP contribution < -0.4 is 0 Å². The number of phenols is 1. The van der Waals surface area contributed by atoms with E-state index in [1.165, 1.54) is 6.07 Å². The summed E-state index contributed by atoms with van der Waals surface area (Å²) in [5.74, 6) is 0.654. The summed E-state index contributed by atoms with van der Waals surface area (Å²) in [5.41, 5.74) is 0.739. The number of hydrogen-bond acceptors (Lipinski definition) is 5. The van der Waals surface area contributed by atoms with Crippen LogP contribution in [0.3, 0.4) is 0 Å². The molecule has 0 aliphatic carbocycles. The SMILES string of the molecule is COCCN(C)C[C@@H]1CN(Cc2c(Cl)ccc(O)c2Cl)C[C@@H]1CO. The van der Waals surface area contributed by atoms with Crippen molar-refractivity contribution in [2.45, 2.75) is 6.54 Å². The van der Waals surface area contributed by atoms with Crippen molar-refractivity contribution in [2.24, 2.45) is 11.8 Å². The lowest BCUT2D eigenvalue weighted by Gasteiger charge is -2.23. The smallest absolute Gasteiger partial charge is 0.134 e. The average Bonchev–Trinajstić information content (AvgIpc) is 2.94. The van der Waals surface area contributed by atoms with Crippen LogP contribution >= 0.6 is 23.2 Å². The summed E-state index contributed by atoms with van der Waals surface area (Å²) in [6.45, 7) is 4.88. The number of phenolic OH excluding ortho intramolecular Hbond substituents is 1. The predicted molar refractivity (Wildman–Crippen MR) is 96.8 cm³/mol. The van der Waals surface area contributed by atoms with Gasteiger partial charge in [0, 0.05) is 57.0 Å².